The topological polar surface area (TPSA) is 95.4 Å². The maximum absolute atomic E-state index is 12.6. The van der Waals surface area contributed by atoms with Gasteiger partial charge in [-0.1, -0.05) is 6.07 Å². The number of amides is 2. The van der Waals surface area contributed by atoms with Gasteiger partial charge >= 0.3 is 0 Å². The van der Waals surface area contributed by atoms with Crippen LogP contribution in [0, 0.1) is 11.8 Å². The number of likely N-dealkylation sites (tertiary alicyclic amines) is 1. The number of aliphatic hydroxyl groups is 1. The number of aromatic nitrogens is 2. The lowest BCUT2D eigenvalue weighted by atomic mass is 9.77. The van der Waals surface area contributed by atoms with Gasteiger partial charge in [-0.2, -0.15) is 0 Å². The van der Waals surface area contributed by atoms with Crippen molar-refractivity contribution in [1.82, 2.24) is 20.2 Å². The zero-order valence-corrected chi connectivity index (χ0v) is 16.8. The number of nitrogens with zero attached hydrogens (tertiary/aromatic N) is 3. The summed E-state index contributed by atoms with van der Waals surface area (Å²) in [5, 5.41) is 13.5. The van der Waals surface area contributed by atoms with Crippen molar-refractivity contribution >= 4 is 23.6 Å². The lowest BCUT2D eigenvalue weighted by Gasteiger charge is -2.35. The normalized spacial score (nSPS) is 26.0. The fourth-order valence-electron chi connectivity index (χ4n) is 4.20. The SMILES string of the molecule is O=C(N[C@H]1C[C@H]2CN(C(=O)CSc3ccncc3)C[C@H]2C[C@@H]1O)c1ccccn1. The minimum absolute atomic E-state index is 0.116. The number of aliphatic hydroxyl groups excluding tert-OH is 1. The van der Waals surface area contributed by atoms with Gasteiger partial charge in [0, 0.05) is 36.6 Å². The van der Waals surface area contributed by atoms with Crippen LogP contribution in [0.5, 0.6) is 0 Å². The molecule has 2 fully saturated rings. The van der Waals surface area contributed by atoms with Gasteiger partial charge in [0.05, 0.1) is 17.9 Å². The van der Waals surface area contributed by atoms with E-state index in [4.69, 9.17) is 0 Å². The highest BCUT2D eigenvalue weighted by atomic mass is 32.2. The average molecular weight is 413 g/mol. The Morgan fingerprint density at radius 1 is 1.10 bits per heavy atom. The molecule has 1 aliphatic heterocycles. The first kappa shape index (κ1) is 19.8. The molecule has 0 unspecified atom stereocenters. The summed E-state index contributed by atoms with van der Waals surface area (Å²) in [6.07, 6.45) is 5.68. The number of rotatable bonds is 5. The van der Waals surface area contributed by atoms with Crippen LogP contribution in [0.1, 0.15) is 23.3 Å². The van der Waals surface area contributed by atoms with Crippen LogP contribution in [-0.2, 0) is 4.79 Å². The number of hydrogen-bond acceptors (Lipinski definition) is 6. The molecule has 2 amide bonds. The minimum atomic E-state index is -0.606. The molecule has 8 heteroatoms. The lowest BCUT2D eigenvalue weighted by molar-refractivity contribution is -0.127. The van der Waals surface area contributed by atoms with Crippen LogP contribution >= 0.6 is 11.8 Å². The second-order valence-electron chi connectivity index (χ2n) is 7.62. The molecule has 1 aliphatic carbocycles. The molecule has 152 valence electrons. The first-order valence-corrected chi connectivity index (χ1v) is 10.8. The van der Waals surface area contributed by atoms with Gasteiger partial charge in [-0.25, -0.2) is 0 Å². The van der Waals surface area contributed by atoms with Crippen molar-refractivity contribution in [2.75, 3.05) is 18.8 Å². The molecule has 29 heavy (non-hydrogen) atoms. The van der Waals surface area contributed by atoms with Gasteiger partial charge in [-0.3, -0.25) is 19.6 Å². The fourth-order valence-corrected chi connectivity index (χ4v) is 4.99. The lowest BCUT2D eigenvalue weighted by Crippen LogP contribution is -2.49. The molecule has 2 aliphatic rings. The van der Waals surface area contributed by atoms with Crippen molar-refractivity contribution < 1.29 is 14.7 Å². The summed E-state index contributed by atoms with van der Waals surface area (Å²) in [6.45, 7) is 1.36. The molecule has 1 saturated carbocycles. The Labute approximate surface area is 173 Å². The zero-order valence-electron chi connectivity index (χ0n) is 16.0. The number of carbonyl (C=O) groups is 2. The number of nitrogens with one attached hydrogen (secondary N) is 1. The third-order valence-electron chi connectivity index (χ3n) is 5.72. The Hall–Kier alpha value is -2.45. The Morgan fingerprint density at radius 2 is 1.86 bits per heavy atom. The van der Waals surface area contributed by atoms with Crippen LogP contribution < -0.4 is 5.32 Å². The first-order chi connectivity index (χ1) is 14.1. The summed E-state index contributed by atoms with van der Waals surface area (Å²) in [5.41, 5.74) is 0.346. The maximum Gasteiger partial charge on any atom is 0.270 e. The molecule has 0 bridgehead atoms. The number of pyridine rings is 2. The Morgan fingerprint density at radius 3 is 2.59 bits per heavy atom. The van der Waals surface area contributed by atoms with E-state index in [2.05, 4.69) is 15.3 Å². The van der Waals surface area contributed by atoms with E-state index in [1.54, 1.807) is 36.8 Å². The van der Waals surface area contributed by atoms with Crippen LogP contribution in [-0.4, -0.2) is 62.8 Å². The van der Waals surface area contributed by atoms with E-state index in [1.165, 1.54) is 11.8 Å². The minimum Gasteiger partial charge on any atom is -0.391 e. The van der Waals surface area contributed by atoms with E-state index in [9.17, 15) is 14.7 Å². The molecule has 4 atom stereocenters. The maximum atomic E-state index is 12.6. The van der Waals surface area contributed by atoms with E-state index in [0.717, 1.165) is 4.90 Å². The van der Waals surface area contributed by atoms with Gasteiger partial charge in [-0.05, 0) is 48.9 Å². The summed E-state index contributed by atoms with van der Waals surface area (Å²) in [6, 6.07) is 8.66. The summed E-state index contributed by atoms with van der Waals surface area (Å²) < 4.78 is 0. The van der Waals surface area contributed by atoms with Gasteiger partial charge in [0.25, 0.3) is 5.91 Å². The van der Waals surface area contributed by atoms with Gasteiger partial charge in [-0.15, -0.1) is 11.8 Å². The van der Waals surface area contributed by atoms with Crippen molar-refractivity contribution in [3.63, 3.8) is 0 Å². The van der Waals surface area contributed by atoms with Crippen LogP contribution in [0.3, 0.4) is 0 Å². The van der Waals surface area contributed by atoms with E-state index in [0.29, 0.717) is 43.3 Å². The molecular weight excluding hydrogens is 388 g/mol. The monoisotopic (exact) mass is 412 g/mol. The molecule has 2 aromatic heterocycles. The van der Waals surface area contributed by atoms with Gasteiger partial charge in [0.15, 0.2) is 0 Å². The van der Waals surface area contributed by atoms with Crippen LogP contribution in [0.25, 0.3) is 0 Å². The summed E-state index contributed by atoms with van der Waals surface area (Å²) in [5.74, 6) is 0.814. The van der Waals surface area contributed by atoms with Crippen molar-refractivity contribution in [1.29, 1.82) is 0 Å². The van der Waals surface area contributed by atoms with Crippen LogP contribution in [0.4, 0.5) is 0 Å². The molecule has 0 spiro atoms. The van der Waals surface area contributed by atoms with Crippen LogP contribution in [0.15, 0.2) is 53.8 Å². The second-order valence-corrected chi connectivity index (χ2v) is 8.67. The highest BCUT2D eigenvalue weighted by Gasteiger charge is 2.43. The zero-order chi connectivity index (χ0) is 20.2. The Bertz CT molecular complexity index is 852. The molecule has 4 rings (SSSR count). The van der Waals surface area contributed by atoms with Gasteiger partial charge < -0.3 is 15.3 Å². The molecule has 1 saturated heterocycles. The average Bonchev–Trinajstić information content (AvgIpc) is 3.16. The highest BCUT2D eigenvalue weighted by molar-refractivity contribution is 8.00. The predicted molar refractivity (Wildman–Crippen MR) is 109 cm³/mol. The van der Waals surface area contributed by atoms with Gasteiger partial charge in [0.1, 0.15) is 5.69 Å². The predicted octanol–water partition coefficient (Wildman–Crippen LogP) is 1.60. The second kappa shape index (κ2) is 8.92. The number of fused-ring (bicyclic) bond motifs is 1. The molecule has 0 aromatic carbocycles. The first-order valence-electron chi connectivity index (χ1n) is 9.80. The highest BCUT2D eigenvalue weighted by Crippen LogP contribution is 2.37. The van der Waals surface area contributed by atoms with Crippen molar-refractivity contribution in [3.8, 4) is 0 Å². The molecule has 7 nitrogen and oxygen atoms in total. The van der Waals surface area contributed by atoms with Crippen molar-refractivity contribution in [3.05, 3.63) is 54.6 Å². The van der Waals surface area contributed by atoms with Gasteiger partial charge in [0.2, 0.25) is 5.91 Å². The smallest absolute Gasteiger partial charge is 0.270 e. The summed E-state index contributed by atoms with van der Waals surface area (Å²) >= 11 is 1.51. The molecule has 2 aromatic rings. The molecule has 2 N–H and O–H groups in total. The number of hydrogen-bond donors (Lipinski definition) is 2. The fraction of sp³-hybridized carbons (Fsp3) is 0.429. The third-order valence-corrected chi connectivity index (χ3v) is 6.72. The van der Waals surface area contributed by atoms with Crippen molar-refractivity contribution in [2.24, 2.45) is 11.8 Å². The van der Waals surface area contributed by atoms with E-state index < -0.39 is 6.10 Å². The summed E-state index contributed by atoms with van der Waals surface area (Å²) in [7, 11) is 0. The largest absolute Gasteiger partial charge is 0.391 e. The van der Waals surface area contributed by atoms with E-state index >= 15 is 0 Å². The molecular formula is C21H24N4O3S. The standard InChI is InChI=1S/C21H24N4O3S/c26-19-10-15-12-25(20(27)13-29-16-4-7-22-8-5-16)11-14(15)9-18(19)24-21(28)17-3-1-2-6-23-17/h1-8,14-15,18-19,26H,9-13H2,(H,24,28)/t14-,15+,18-,19-/m0/s1. The van der Waals surface area contributed by atoms with Crippen molar-refractivity contribution in [2.45, 2.75) is 29.9 Å². The third kappa shape index (κ3) is 4.76. The molecule has 0 radical (unpaired) electrons. The van der Waals surface area contributed by atoms with E-state index in [-0.39, 0.29) is 23.8 Å². The van der Waals surface area contributed by atoms with Crippen LogP contribution in [0.2, 0.25) is 0 Å². The molecule has 3 heterocycles. The summed E-state index contributed by atoms with van der Waals surface area (Å²) in [4.78, 5) is 36.0. The van der Waals surface area contributed by atoms with E-state index in [1.807, 2.05) is 17.0 Å². The number of thioether (sulfide) groups is 1. The Balaban J connectivity index is 1.31. The quantitative estimate of drug-likeness (QED) is 0.725. The Kier molecular flexibility index (Phi) is 6.10. The number of carbonyl (C=O) groups excluding carboxylic acids is 2.